The number of anilines is 2. The Labute approximate surface area is 225 Å². The third-order valence-corrected chi connectivity index (χ3v) is 7.57. The third-order valence-electron chi connectivity index (χ3n) is 7.57. The summed E-state index contributed by atoms with van der Waals surface area (Å²) < 4.78 is 0. The molecule has 0 atom stereocenters. The number of hydrogen-bond donors (Lipinski definition) is 2. The average Bonchev–Trinajstić information content (AvgIpc) is 2.96. The Balaban J connectivity index is 1.14. The molecule has 1 heterocycles. The standard InChI is InChI=1S/C32H37N5O/c1-37(2)31-27-15-9-10-16-29(27)35-32(36-31)34-26-19-17-23(18-20-26)22-33-30(38)21-28(24-11-5-3-6-12-24)25-13-7-4-8-14-25/h3-16,23,26,28H,17-22H2,1-2H3,(H,33,38)(H,34,35,36)/t23-,26+. The summed E-state index contributed by atoms with van der Waals surface area (Å²) in [5, 5.41) is 7.88. The van der Waals surface area contributed by atoms with Crippen molar-refractivity contribution in [2.45, 2.75) is 44.1 Å². The summed E-state index contributed by atoms with van der Waals surface area (Å²) >= 11 is 0. The second-order valence-electron chi connectivity index (χ2n) is 10.5. The van der Waals surface area contributed by atoms with Crippen LogP contribution in [0.2, 0.25) is 0 Å². The topological polar surface area (TPSA) is 70.2 Å². The molecule has 6 heteroatoms. The first kappa shape index (κ1) is 25.7. The lowest BCUT2D eigenvalue weighted by molar-refractivity contribution is -0.121. The number of carbonyl (C=O) groups excluding carboxylic acids is 1. The zero-order valence-electron chi connectivity index (χ0n) is 22.3. The van der Waals surface area contributed by atoms with E-state index in [2.05, 4.69) is 41.0 Å². The number of nitrogens with one attached hydrogen (secondary N) is 2. The number of fused-ring (bicyclic) bond motifs is 1. The van der Waals surface area contributed by atoms with Gasteiger partial charge in [0, 0.05) is 44.4 Å². The molecule has 38 heavy (non-hydrogen) atoms. The highest BCUT2D eigenvalue weighted by molar-refractivity contribution is 5.90. The van der Waals surface area contributed by atoms with Crippen molar-refractivity contribution in [1.82, 2.24) is 15.3 Å². The van der Waals surface area contributed by atoms with Gasteiger partial charge >= 0.3 is 0 Å². The van der Waals surface area contributed by atoms with E-state index in [9.17, 15) is 4.79 Å². The monoisotopic (exact) mass is 507 g/mol. The minimum Gasteiger partial charge on any atom is -0.362 e. The van der Waals surface area contributed by atoms with E-state index < -0.39 is 0 Å². The summed E-state index contributed by atoms with van der Waals surface area (Å²) in [6.07, 6.45) is 4.70. The molecule has 1 fully saturated rings. The molecule has 5 rings (SSSR count). The van der Waals surface area contributed by atoms with Crippen molar-refractivity contribution in [3.8, 4) is 0 Å². The van der Waals surface area contributed by atoms with Crippen LogP contribution in [0.25, 0.3) is 10.9 Å². The highest BCUT2D eigenvalue weighted by atomic mass is 16.1. The van der Waals surface area contributed by atoms with E-state index in [-0.39, 0.29) is 11.8 Å². The van der Waals surface area contributed by atoms with E-state index in [1.165, 1.54) is 11.1 Å². The van der Waals surface area contributed by atoms with Crippen LogP contribution < -0.4 is 15.5 Å². The van der Waals surface area contributed by atoms with E-state index in [4.69, 9.17) is 9.97 Å². The maximum absolute atomic E-state index is 13.0. The Hall–Kier alpha value is -3.93. The summed E-state index contributed by atoms with van der Waals surface area (Å²) in [6, 6.07) is 29.1. The maximum Gasteiger partial charge on any atom is 0.225 e. The fourth-order valence-corrected chi connectivity index (χ4v) is 5.47. The second kappa shape index (κ2) is 12.1. The molecule has 0 bridgehead atoms. The number of carbonyl (C=O) groups is 1. The van der Waals surface area contributed by atoms with Crippen LogP contribution in [0.15, 0.2) is 84.9 Å². The summed E-state index contributed by atoms with van der Waals surface area (Å²) in [4.78, 5) is 24.6. The minimum atomic E-state index is 0.0614. The molecule has 0 aliphatic heterocycles. The molecule has 0 spiro atoms. The lowest BCUT2D eigenvalue weighted by Crippen LogP contribution is -2.34. The van der Waals surface area contributed by atoms with Crippen LogP contribution >= 0.6 is 0 Å². The molecule has 1 aliphatic carbocycles. The van der Waals surface area contributed by atoms with Crippen LogP contribution in [0, 0.1) is 5.92 Å². The summed E-state index contributed by atoms with van der Waals surface area (Å²) in [5.74, 6) is 2.30. The van der Waals surface area contributed by atoms with Gasteiger partial charge in [0.15, 0.2) is 0 Å². The largest absolute Gasteiger partial charge is 0.362 e. The van der Waals surface area contributed by atoms with E-state index in [1.807, 2.05) is 73.6 Å². The van der Waals surface area contributed by atoms with E-state index >= 15 is 0 Å². The van der Waals surface area contributed by atoms with Crippen molar-refractivity contribution in [2.75, 3.05) is 30.9 Å². The van der Waals surface area contributed by atoms with Gasteiger partial charge in [-0.05, 0) is 54.9 Å². The van der Waals surface area contributed by atoms with E-state index in [0.717, 1.165) is 48.9 Å². The molecule has 0 unspecified atom stereocenters. The van der Waals surface area contributed by atoms with Crippen LogP contribution in [-0.2, 0) is 4.79 Å². The van der Waals surface area contributed by atoms with E-state index in [0.29, 0.717) is 24.3 Å². The maximum atomic E-state index is 13.0. The number of nitrogens with zero attached hydrogens (tertiary/aromatic N) is 3. The fraction of sp³-hybridized carbons (Fsp3) is 0.344. The van der Waals surface area contributed by atoms with Gasteiger partial charge in [0.2, 0.25) is 11.9 Å². The van der Waals surface area contributed by atoms with Crippen molar-refractivity contribution in [3.05, 3.63) is 96.1 Å². The van der Waals surface area contributed by atoms with Gasteiger partial charge in [0.1, 0.15) is 5.82 Å². The van der Waals surface area contributed by atoms with Gasteiger partial charge in [0.05, 0.1) is 5.52 Å². The van der Waals surface area contributed by atoms with Crippen LogP contribution in [0.1, 0.15) is 49.1 Å². The molecular formula is C32H37N5O. The van der Waals surface area contributed by atoms with Gasteiger partial charge in [-0.2, -0.15) is 4.98 Å². The smallest absolute Gasteiger partial charge is 0.225 e. The van der Waals surface area contributed by atoms with Crippen LogP contribution in [0.4, 0.5) is 11.8 Å². The molecule has 1 aliphatic rings. The number of hydrogen-bond acceptors (Lipinski definition) is 5. The number of para-hydroxylation sites is 1. The summed E-state index contributed by atoms with van der Waals surface area (Å²) in [5.41, 5.74) is 3.30. The third kappa shape index (κ3) is 6.31. The molecule has 0 radical (unpaired) electrons. The molecule has 1 aromatic heterocycles. The predicted molar refractivity (Wildman–Crippen MR) is 156 cm³/mol. The van der Waals surface area contributed by atoms with Gasteiger partial charge in [-0.25, -0.2) is 4.98 Å². The first-order chi connectivity index (χ1) is 18.6. The lowest BCUT2D eigenvalue weighted by Gasteiger charge is -2.29. The molecule has 0 saturated heterocycles. The molecular weight excluding hydrogens is 470 g/mol. The minimum absolute atomic E-state index is 0.0614. The Morgan fingerprint density at radius 3 is 2.08 bits per heavy atom. The molecule has 4 aromatic rings. The van der Waals surface area contributed by atoms with Gasteiger partial charge in [-0.15, -0.1) is 0 Å². The second-order valence-corrected chi connectivity index (χ2v) is 10.5. The Morgan fingerprint density at radius 1 is 0.842 bits per heavy atom. The quantitative estimate of drug-likeness (QED) is 0.291. The summed E-state index contributed by atoms with van der Waals surface area (Å²) in [7, 11) is 4.03. The number of rotatable bonds is 9. The Morgan fingerprint density at radius 2 is 1.45 bits per heavy atom. The molecule has 2 N–H and O–H groups in total. The lowest BCUT2D eigenvalue weighted by atomic mass is 9.85. The van der Waals surface area contributed by atoms with Crippen molar-refractivity contribution >= 4 is 28.6 Å². The van der Waals surface area contributed by atoms with Crippen molar-refractivity contribution in [1.29, 1.82) is 0 Å². The first-order valence-electron chi connectivity index (χ1n) is 13.6. The van der Waals surface area contributed by atoms with E-state index in [1.54, 1.807) is 0 Å². The van der Waals surface area contributed by atoms with Crippen molar-refractivity contribution < 1.29 is 4.79 Å². The zero-order valence-corrected chi connectivity index (χ0v) is 22.3. The molecule has 6 nitrogen and oxygen atoms in total. The highest BCUT2D eigenvalue weighted by Gasteiger charge is 2.24. The van der Waals surface area contributed by atoms with Gasteiger partial charge in [-0.1, -0.05) is 72.8 Å². The van der Waals surface area contributed by atoms with Crippen molar-refractivity contribution in [2.24, 2.45) is 5.92 Å². The molecule has 1 saturated carbocycles. The highest BCUT2D eigenvalue weighted by Crippen LogP contribution is 2.30. The Kier molecular flexibility index (Phi) is 8.17. The average molecular weight is 508 g/mol. The molecule has 1 amide bonds. The number of benzene rings is 3. The molecule has 196 valence electrons. The van der Waals surface area contributed by atoms with Gasteiger partial charge in [-0.3, -0.25) is 4.79 Å². The van der Waals surface area contributed by atoms with Gasteiger partial charge < -0.3 is 15.5 Å². The fourth-order valence-electron chi connectivity index (χ4n) is 5.47. The van der Waals surface area contributed by atoms with Crippen LogP contribution in [0.3, 0.4) is 0 Å². The summed E-state index contributed by atoms with van der Waals surface area (Å²) in [6.45, 7) is 0.735. The number of amides is 1. The van der Waals surface area contributed by atoms with Crippen LogP contribution in [-0.4, -0.2) is 42.6 Å². The SMILES string of the molecule is CN(C)c1nc(N[C@H]2CC[C@@H](CNC(=O)CC(c3ccccc3)c3ccccc3)CC2)nc2ccccc12. The first-order valence-corrected chi connectivity index (χ1v) is 13.6. The van der Waals surface area contributed by atoms with Crippen LogP contribution in [0.5, 0.6) is 0 Å². The zero-order chi connectivity index (χ0) is 26.3. The normalized spacial score (nSPS) is 17.3. The number of aromatic nitrogens is 2. The molecule has 3 aromatic carbocycles. The van der Waals surface area contributed by atoms with Gasteiger partial charge in [0.25, 0.3) is 0 Å². The Bertz CT molecular complexity index is 1290. The predicted octanol–water partition coefficient (Wildman–Crippen LogP) is 6.00. The van der Waals surface area contributed by atoms with Crippen molar-refractivity contribution in [3.63, 3.8) is 0 Å².